The molecule has 3 N–H and O–H groups in total. The lowest BCUT2D eigenvalue weighted by molar-refractivity contribution is -0.137. The lowest BCUT2D eigenvalue weighted by atomic mass is 9.99. The van der Waals surface area contributed by atoms with Crippen molar-refractivity contribution < 1.29 is 14.7 Å². The molecule has 0 saturated carbocycles. The van der Waals surface area contributed by atoms with Gasteiger partial charge in [0.15, 0.2) is 5.82 Å². The van der Waals surface area contributed by atoms with Crippen LogP contribution in [0.5, 0.6) is 0 Å². The third kappa shape index (κ3) is 4.44. The highest BCUT2D eigenvalue weighted by Gasteiger charge is 2.17. The average molecular weight is 351 g/mol. The van der Waals surface area contributed by atoms with Gasteiger partial charge in [0.2, 0.25) is 0 Å². The van der Waals surface area contributed by atoms with Crippen LogP contribution in [0.2, 0.25) is 0 Å². The van der Waals surface area contributed by atoms with Crippen molar-refractivity contribution in [3.63, 3.8) is 0 Å². The van der Waals surface area contributed by atoms with E-state index in [-0.39, 0.29) is 18.4 Å². The van der Waals surface area contributed by atoms with Crippen molar-refractivity contribution in [1.29, 1.82) is 0 Å². The highest BCUT2D eigenvalue weighted by atomic mass is 16.4. The molecule has 0 fully saturated rings. The van der Waals surface area contributed by atoms with Crippen molar-refractivity contribution in [2.45, 2.75) is 12.6 Å². The number of carbonyl (C=O) groups excluding carboxylic acids is 1. The molecule has 0 saturated heterocycles. The van der Waals surface area contributed by atoms with E-state index >= 15 is 0 Å². The van der Waals surface area contributed by atoms with Crippen LogP contribution in [0.3, 0.4) is 0 Å². The molecule has 1 aromatic heterocycles. The predicted molar refractivity (Wildman–Crippen MR) is 94.5 cm³/mol. The number of nitrogens with zero attached hydrogens (tertiary/aromatic N) is 3. The Kier molecular flexibility index (Phi) is 5.23. The Balaban J connectivity index is 1.73. The summed E-state index contributed by atoms with van der Waals surface area (Å²) in [5, 5.41) is 21.6. The summed E-state index contributed by atoms with van der Waals surface area (Å²) in [5.74, 6) is -0.872. The van der Waals surface area contributed by atoms with Crippen molar-refractivity contribution in [3.8, 4) is 0 Å². The number of carbonyl (C=O) groups is 2. The molecule has 2 amide bonds. The van der Waals surface area contributed by atoms with Crippen LogP contribution in [0.25, 0.3) is 0 Å². The monoisotopic (exact) mass is 351 g/mol. The fourth-order valence-electron chi connectivity index (χ4n) is 2.51. The van der Waals surface area contributed by atoms with Crippen LogP contribution in [-0.4, -0.2) is 32.1 Å². The fraction of sp³-hybridized carbons (Fsp3) is 0.111. The molecule has 2 aromatic carbocycles. The van der Waals surface area contributed by atoms with E-state index in [2.05, 4.69) is 20.9 Å². The van der Waals surface area contributed by atoms with E-state index in [1.165, 1.54) is 6.20 Å². The number of hydrogen-bond donors (Lipinski definition) is 3. The van der Waals surface area contributed by atoms with Gasteiger partial charge in [0.05, 0.1) is 12.2 Å². The molecule has 0 aliphatic carbocycles. The second-order valence-corrected chi connectivity index (χ2v) is 5.55. The molecule has 0 radical (unpaired) electrons. The van der Waals surface area contributed by atoms with Crippen molar-refractivity contribution >= 4 is 17.8 Å². The van der Waals surface area contributed by atoms with Gasteiger partial charge in [-0.2, -0.15) is 0 Å². The zero-order chi connectivity index (χ0) is 18.4. The van der Waals surface area contributed by atoms with Gasteiger partial charge < -0.3 is 10.4 Å². The standard InChI is InChI=1S/C18H17N5O3/c24-16(25)12-23-11-15(21-22-23)19-18(26)20-17(13-7-3-1-4-8-13)14-9-5-2-6-10-14/h1-11,17H,12H2,(H,24,25)(H2,19,20,26). The summed E-state index contributed by atoms with van der Waals surface area (Å²) in [6.45, 7) is -0.326. The molecule has 8 heteroatoms. The topological polar surface area (TPSA) is 109 Å². The smallest absolute Gasteiger partial charge is 0.325 e. The number of hydrogen-bond acceptors (Lipinski definition) is 4. The molecule has 0 bridgehead atoms. The number of aromatic nitrogens is 3. The number of rotatable bonds is 6. The van der Waals surface area contributed by atoms with Gasteiger partial charge in [-0.15, -0.1) is 5.10 Å². The molecule has 132 valence electrons. The molecule has 8 nitrogen and oxygen atoms in total. The third-order valence-electron chi connectivity index (χ3n) is 3.62. The Bertz CT molecular complexity index is 841. The fourth-order valence-corrected chi connectivity index (χ4v) is 2.51. The Labute approximate surface area is 149 Å². The van der Waals surface area contributed by atoms with E-state index in [0.29, 0.717) is 0 Å². The van der Waals surface area contributed by atoms with Crippen LogP contribution in [-0.2, 0) is 11.3 Å². The van der Waals surface area contributed by atoms with Gasteiger partial charge in [-0.1, -0.05) is 65.9 Å². The van der Waals surface area contributed by atoms with Crippen LogP contribution in [0.1, 0.15) is 17.2 Å². The maximum atomic E-state index is 12.4. The van der Waals surface area contributed by atoms with E-state index in [4.69, 9.17) is 5.11 Å². The van der Waals surface area contributed by atoms with Crippen LogP contribution in [0.15, 0.2) is 66.9 Å². The normalized spacial score (nSPS) is 10.5. The maximum absolute atomic E-state index is 12.4. The molecular formula is C18H17N5O3. The number of urea groups is 1. The molecule has 3 aromatic rings. The minimum Gasteiger partial charge on any atom is -0.480 e. The second-order valence-electron chi connectivity index (χ2n) is 5.55. The van der Waals surface area contributed by atoms with Crippen molar-refractivity contribution in [3.05, 3.63) is 78.0 Å². The zero-order valence-corrected chi connectivity index (χ0v) is 13.7. The first-order valence-corrected chi connectivity index (χ1v) is 7.91. The summed E-state index contributed by atoms with van der Waals surface area (Å²) in [6.07, 6.45) is 1.35. The molecule has 0 atom stereocenters. The average Bonchev–Trinajstić information content (AvgIpc) is 3.07. The lowest BCUT2D eigenvalue weighted by Gasteiger charge is -2.19. The number of anilines is 1. The first-order chi connectivity index (χ1) is 12.6. The number of nitrogens with one attached hydrogen (secondary N) is 2. The summed E-state index contributed by atoms with van der Waals surface area (Å²) in [5.41, 5.74) is 1.87. The minimum atomic E-state index is -1.04. The van der Waals surface area contributed by atoms with Gasteiger partial charge in [0.25, 0.3) is 0 Å². The van der Waals surface area contributed by atoms with E-state index < -0.39 is 12.0 Å². The van der Waals surface area contributed by atoms with Gasteiger partial charge in [-0.3, -0.25) is 10.1 Å². The molecule has 0 spiro atoms. The third-order valence-corrected chi connectivity index (χ3v) is 3.62. The molecular weight excluding hydrogens is 334 g/mol. The minimum absolute atomic E-state index is 0.170. The Morgan fingerprint density at radius 2 is 1.58 bits per heavy atom. The van der Waals surface area contributed by atoms with Crippen LogP contribution in [0, 0.1) is 0 Å². The molecule has 0 unspecified atom stereocenters. The SMILES string of the molecule is O=C(O)Cn1cc(NC(=O)NC(c2ccccc2)c2ccccc2)nn1. The van der Waals surface area contributed by atoms with E-state index in [1.807, 2.05) is 60.7 Å². The number of benzene rings is 2. The zero-order valence-electron chi connectivity index (χ0n) is 13.7. The molecule has 1 heterocycles. The van der Waals surface area contributed by atoms with Gasteiger partial charge in [-0.05, 0) is 11.1 Å². The molecule has 3 rings (SSSR count). The summed E-state index contributed by atoms with van der Waals surface area (Å²) in [4.78, 5) is 23.1. The second kappa shape index (κ2) is 7.93. The number of carboxylic acid groups (broad SMARTS) is 1. The van der Waals surface area contributed by atoms with Gasteiger partial charge >= 0.3 is 12.0 Å². The Morgan fingerprint density at radius 3 is 2.12 bits per heavy atom. The van der Waals surface area contributed by atoms with E-state index in [9.17, 15) is 9.59 Å². The van der Waals surface area contributed by atoms with Gasteiger partial charge in [0.1, 0.15) is 6.54 Å². The van der Waals surface area contributed by atoms with Crippen LogP contribution in [0.4, 0.5) is 10.6 Å². The summed E-state index contributed by atoms with van der Waals surface area (Å²) in [7, 11) is 0. The molecule has 26 heavy (non-hydrogen) atoms. The number of amides is 2. The largest absolute Gasteiger partial charge is 0.480 e. The molecule has 0 aliphatic heterocycles. The maximum Gasteiger partial charge on any atom is 0.325 e. The van der Waals surface area contributed by atoms with Crippen molar-refractivity contribution in [2.24, 2.45) is 0 Å². The van der Waals surface area contributed by atoms with Gasteiger partial charge in [-0.25, -0.2) is 9.48 Å². The predicted octanol–water partition coefficient (Wildman–Crippen LogP) is 2.27. The van der Waals surface area contributed by atoms with Crippen LogP contribution < -0.4 is 10.6 Å². The van der Waals surface area contributed by atoms with Crippen LogP contribution >= 0.6 is 0 Å². The summed E-state index contributed by atoms with van der Waals surface area (Å²) >= 11 is 0. The van der Waals surface area contributed by atoms with Gasteiger partial charge in [0, 0.05) is 0 Å². The first-order valence-electron chi connectivity index (χ1n) is 7.91. The van der Waals surface area contributed by atoms with Crippen molar-refractivity contribution in [1.82, 2.24) is 20.3 Å². The number of carboxylic acids is 1. The Hall–Kier alpha value is -3.68. The van der Waals surface area contributed by atoms with E-state index in [0.717, 1.165) is 15.8 Å². The summed E-state index contributed by atoms with van der Waals surface area (Å²) in [6, 6.07) is 18.4. The highest BCUT2D eigenvalue weighted by molar-refractivity contribution is 5.88. The highest BCUT2D eigenvalue weighted by Crippen LogP contribution is 2.21. The Morgan fingerprint density at radius 1 is 1.00 bits per heavy atom. The lowest BCUT2D eigenvalue weighted by Crippen LogP contribution is -2.33. The molecule has 0 aliphatic rings. The van der Waals surface area contributed by atoms with Crippen molar-refractivity contribution in [2.75, 3.05) is 5.32 Å². The van der Waals surface area contributed by atoms with E-state index in [1.54, 1.807) is 0 Å². The first kappa shape index (κ1) is 17.2. The quantitative estimate of drug-likeness (QED) is 0.631. The number of aliphatic carboxylic acids is 1. The summed E-state index contributed by atoms with van der Waals surface area (Å²) < 4.78 is 1.13.